The van der Waals surface area contributed by atoms with Crippen molar-refractivity contribution >= 4 is 45.1 Å². The Morgan fingerprint density at radius 2 is 1.86 bits per heavy atom. The van der Waals surface area contributed by atoms with Crippen LogP contribution in [0.2, 0.25) is 5.02 Å². The Labute approximate surface area is 135 Å². The first-order chi connectivity index (χ1) is 10.1. The number of nitrogens with one attached hydrogen (secondary N) is 1. The third kappa shape index (κ3) is 4.58. The topological polar surface area (TPSA) is 55.4 Å². The first kappa shape index (κ1) is 15.5. The smallest absolute Gasteiger partial charge is 0.338 e. The molecule has 2 rings (SSSR count). The maximum Gasteiger partial charge on any atom is 0.338 e. The zero-order chi connectivity index (χ0) is 15.2. The molecule has 0 aliphatic heterocycles. The molecule has 4 nitrogen and oxygen atoms in total. The number of rotatable bonds is 4. The minimum Gasteiger partial charge on any atom is -0.452 e. The summed E-state index contributed by atoms with van der Waals surface area (Å²) < 4.78 is 5.60. The van der Waals surface area contributed by atoms with Crippen LogP contribution in [0.25, 0.3) is 0 Å². The van der Waals surface area contributed by atoms with Crippen molar-refractivity contribution in [1.29, 1.82) is 0 Å². The monoisotopic (exact) mass is 367 g/mol. The molecule has 0 bridgehead atoms. The van der Waals surface area contributed by atoms with E-state index in [9.17, 15) is 9.59 Å². The van der Waals surface area contributed by atoms with Crippen molar-refractivity contribution in [3.63, 3.8) is 0 Å². The van der Waals surface area contributed by atoms with Crippen molar-refractivity contribution in [3.05, 3.63) is 63.6 Å². The molecule has 0 radical (unpaired) electrons. The van der Waals surface area contributed by atoms with E-state index in [-0.39, 0.29) is 6.61 Å². The predicted octanol–water partition coefficient (Wildman–Crippen LogP) is 3.90. The van der Waals surface area contributed by atoms with Crippen LogP contribution < -0.4 is 5.32 Å². The third-order valence-corrected chi connectivity index (χ3v) is 3.76. The third-order valence-electron chi connectivity index (χ3n) is 2.55. The molecular formula is C15H11BrClNO3. The SMILES string of the molecule is O=C(COC(=O)c1ccccc1)Nc1ccc(Cl)c(Br)c1. The molecule has 0 heterocycles. The fourth-order valence-electron chi connectivity index (χ4n) is 1.56. The highest BCUT2D eigenvalue weighted by Crippen LogP contribution is 2.25. The van der Waals surface area contributed by atoms with Crippen LogP contribution in [0.3, 0.4) is 0 Å². The van der Waals surface area contributed by atoms with Crippen LogP contribution in [0.4, 0.5) is 5.69 Å². The summed E-state index contributed by atoms with van der Waals surface area (Å²) in [5.41, 5.74) is 0.964. The van der Waals surface area contributed by atoms with Gasteiger partial charge >= 0.3 is 5.97 Å². The van der Waals surface area contributed by atoms with Crippen molar-refractivity contribution in [2.24, 2.45) is 0 Å². The summed E-state index contributed by atoms with van der Waals surface area (Å²) in [6.07, 6.45) is 0. The molecule has 2 aromatic rings. The molecule has 0 aliphatic carbocycles. The summed E-state index contributed by atoms with van der Waals surface area (Å²) in [6, 6.07) is 13.5. The molecule has 21 heavy (non-hydrogen) atoms. The van der Waals surface area contributed by atoms with E-state index in [0.29, 0.717) is 20.7 Å². The van der Waals surface area contributed by atoms with E-state index in [1.807, 2.05) is 0 Å². The van der Waals surface area contributed by atoms with Gasteiger partial charge in [0.25, 0.3) is 5.91 Å². The van der Waals surface area contributed by atoms with E-state index in [0.717, 1.165) is 0 Å². The lowest BCUT2D eigenvalue weighted by atomic mass is 10.2. The average Bonchev–Trinajstić information content (AvgIpc) is 2.49. The van der Waals surface area contributed by atoms with Crippen molar-refractivity contribution in [2.75, 3.05) is 11.9 Å². The molecule has 0 saturated carbocycles. The minimum atomic E-state index is -0.539. The van der Waals surface area contributed by atoms with E-state index in [4.69, 9.17) is 16.3 Å². The molecular weight excluding hydrogens is 358 g/mol. The molecule has 0 saturated heterocycles. The number of amides is 1. The first-order valence-corrected chi connectivity index (χ1v) is 7.20. The number of hydrogen-bond donors (Lipinski definition) is 1. The van der Waals surface area contributed by atoms with E-state index < -0.39 is 11.9 Å². The molecule has 0 aliphatic rings. The van der Waals surface area contributed by atoms with Gasteiger partial charge in [0.05, 0.1) is 10.6 Å². The van der Waals surface area contributed by atoms with Crippen molar-refractivity contribution in [1.82, 2.24) is 0 Å². The van der Waals surface area contributed by atoms with Crippen molar-refractivity contribution in [3.8, 4) is 0 Å². The Balaban J connectivity index is 1.87. The van der Waals surface area contributed by atoms with E-state index in [1.54, 1.807) is 48.5 Å². The quantitative estimate of drug-likeness (QED) is 0.833. The lowest BCUT2D eigenvalue weighted by Crippen LogP contribution is -2.20. The fraction of sp³-hybridized carbons (Fsp3) is 0.0667. The normalized spacial score (nSPS) is 10.0. The van der Waals surface area contributed by atoms with Gasteiger partial charge in [-0.25, -0.2) is 4.79 Å². The minimum absolute atomic E-state index is 0.353. The number of halogens is 2. The number of esters is 1. The highest BCUT2D eigenvalue weighted by atomic mass is 79.9. The van der Waals surface area contributed by atoms with Crippen LogP contribution in [0, 0.1) is 0 Å². The number of anilines is 1. The van der Waals surface area contributed by atoms with Gasteiger partial charge in [-0.3, -0.25) is 4.79 Å². The summed E-state index contributed by atoms with van der Waals surface area (Å²) in [7, 11) is 0. The van der Waals surface area contributed by atoms with Gasteiger partial charge in [-0.2, -0.15) is 0 Å². The number of benzene rings is 2. The summed E-state index contributed by atoms with van der Waals surface area (Å²) in [6.45, 7) is -0.353. The Hall–Kier alpha value is -1.85. The van der Waals surface area contributed by atoms with E-state index in [2.05, 4.69) is 21.2 Å². The van der Waals surface area contributed by atoms with Gasteiger partial charge in [0.1, 0.15) is 0 Å². The molecule has 0 unspecified atom stereocenters. The molecule has 0 spiro atoms. The molecule has 2 aromatic carbocycles. The molecule has 108 valence electrons. The van der Waals surface area contributed by atoms with E-state index >= 15 is 0 Å². The Morgan fingerprint density at radius 1 is 1.14 bits per heavy atom. The van der Waals surface area contributed by atoms with Gasteiger partial charge in [-0.15, -0.1) is 0 Å². The second kappa shape index (κ2) is 7.24. The molecule has 6 heteroatoms. The summed E-state index contributed by atoms with van der Waals surface area (Å²) in [4.78, 5) is 23.4. The number of carbonyl (C=O) groups is 2. The molecule has 1 N–H and O–H groups in total. The predicted molar refractivity (Wildman–Crippen MR) is 84.5 cm³/mol. The van der Waals surface area contributed by atoms with Crippen LogP contribution in [0.1, 0.15) is 10.4 Å². The van der Waals surface area contributed by atoms with Crippen molar-refractivity contribution in [2.45, 2.75) is 0 Å². The van der Waals surface area contributed by atoms with Gasteiger partial charge < -0.3 is 10.1 Å². The molecule has 0 fully saturated rings. The number of ether oxygens (including phenoxy) is 1. The maximum absolute atomic E-state index is 11.7. The van der Waals surface area contributed by atoms with Crippen molar-refractivity contribution < 1.29 is 14.3 Å². The van der Waals surface area contributed by atoms with Gasteiger partial charge in [0.15, 0.2) is 6.61 Å². The van der Waals surface area contributed by atoms with Crippen LogP contribution in [-0.4, -0.2) is 18.5 Å². The van der Waals surface area contributed by atoms with Crippen LogP contribution in [-0.2, 0) is 9.53 Å². The first-order valence-electron chi connectivity index (χ1n) is 6.03. The Kier molecular flexibility index (Phi) is 5.36. The van der Waals surface area contributed by atoms with Gasteiger partial charge in [0, 0.05) is 10.2 Å². The highest BCUT2D eigenvalue weighted by molar-refractivity contribution is 9.10. The average molecular weight is 369 g/mol. The Bertz CT molecular complexity index is 661. The Morgan fingerprint density at radius 3 is 2.52 bits per heavy atom. The van der Waals surface area contributed by atoms with Crippen LogP contribution in [0.15, 0.2) is 53.0 Å². The van der Waals surface area contributed by atoms with Crippen LogP contribution in [0.5, 0.6) is 0 Å². The van der Waals surface area contributed by atoms with Gasteiger partial charge in [0.2, 0.25) is 0 Å². The zero-order valence-corrected chi connectivity index (χ0v) is 13.1. The summed E-state index contributed by atoms with van der Waals surface area (Å²) in [5, 5.41) is 3.16. The van der Waals surface area contributed by atoms with Crippen LogP contribution >= 0.6 is 27.5 Å². The summed E-state index contributed by atoms with van der Waals surface area (Å²) in [5.74, 6) is -0.962. The lowest BCUT2D eigenvalue weighted by Gasteiger charge is -2.07. The maximum atomic E-state index is 11.7. The fourth-order valence-corrected chi connectivity index (χ4v) is 2.06. The van der Waals surface area contributed by atoms with Gasteiger partial charge in [-0.1, -0.05) is 29.8 Å². The standard InChI is InChI=1S/C15H11BrClNO3/c16-12-8-11(6-7-13(12)17)18-14(19)9-21-15(20)10-4-2-1-3-5-10/h1-8H,9H2,(H,18,19). The zero-order valence-electron chi connectivity index (χ0n) is 10.8. The molecule has 1 amide bonds. The largest absolute Gasteiger partial charge is 0.452 e. The van der Waals surface area contributed by atoms with Gasteiger partial charge in [-0.05, 0) is 46.3 Å². The number of hydrogen-bond acceptors (Lipinski definition) is 3. The highest BCUT2D eigenvalue weighted by Gasteiger charge is 2.10. The lowest BCUT2D eigenvalue weighted by molar-refractivity contribution is -0.119. The molecule has 0 aromatic heterocycles. The number of carbonyl (C=O) groups excluding carboxylic acids is 2. The second-order valence-electron chi connectivity index (χ2n) is 4.12. The molecule has 0 atom stereocenters. The summed E-state index contributed by atoms with van der Waals surface area (Å²) >= 11 is 9.12. The second-order valence-corrected chi connectivity index (χ2v) is 5.38. The van der Waals surface area contributed by atoms with E-state index in [1.165, 1.54) is 0 Å².